The maximum Gasteiger partial charge on any atom is 0.342 e. The van der Waals surface area contributed by atoms with E-state index in [4.69, 9.17) is 18.9 Å². The van der Waals surface area contributed by atoms with Crippen LogP contribution in [-0.4, -0.2) is 55.6 Å². The number of phenols is 1. The highest BCUT2D eigenvalue weighted by atomic mass is 16.7. The molecule has 1 aliphatic rings. The monoisotopic (exact) mass is 466 g/mol. The number of benzene rings is 2. The van der Waals surface area contributed by atoms with E-state index in [1.807, 2.05) is 24.3 Å². The van der Waals surface area contributed by atoms with Gasteiger partial charge in [-0.1, -0.05) is 6.58 Å². The number of aromatic hydroxyl groups is 1. The molecule has 1 saturated heterocycles. The van der Waals surface area contributed by atoms with E-state index in [1.165, 1.54) is 18.3 Å². The maximum atomic E-state index is 12.2. The van der Waals surface area contributed by atoms with Gasteiger partial charge in [0.15, 0.2) is 6.29 Å². The van der Waals surface area contributed by atoms with E-state index in [2.05, 4.69) is 16.8 Å². The summed E-state index contributed by atoms with van der Waals surface area (Å²) < 4.78 is 21.1. The van der Waals surface area contributed by atoms with E-state index in [0.29, 0.717) is 5.56 Å². The molecule has 34 heavy (non-hydrogen) atoms. The number of esters is 2. The van der Waals surface area contributed by atoms with Gasteiger partial charge in [-0.15, -0.1) is 0 Å². The molecule has 1 atom stereocenters. The highest BCUT2D eigenvalue weighted by Crippen LogP contribution is 2.20. The lowest BCUT2D eigenvalue weighted by atomic mass is 10.1. The molecule has 1 aliphatic heterocycles. The van der Waals surface area contributed by atoms with E-state index in [9.17, 15) is 14.7 Å². The molecular weight excluding hydrogens is 440 g/mol. The molecule has 1 N–H and O–H groups in total. The fourth-order valence-corrected chi connectivity index (χ4v) is 3.00. The third kappa shape index (κ3) is 7.86. The van der Waals surface area contributed by atoms with Crippen molar-refractivity contribution in [2.45, 2.75) is 25.6 Å². The van der Waals surface area contributed by atoms with Crippen molar-refractivity contribution in [3.63, 3.8) is 0 Å². The van der Waals surface area contributed by atoms with Gasteiger partial charge in [-0.25, -0.2) is 9.59 Å². The molecule has 9 nitrogen and oxygen atoms in total. The Morgan fingerprint density at radius 3 is 2.44 bits per heavy atom. The molecule has 0 amide bonds. The fraction of sp³-hybridized carbons (Fsp3) is 0.280. The van der Waals surface area contributed by atoms with Gasteiger partial charge in [0.1, 0.15) is 30.3 Å². The Hall–Kier alpha value is -3.98. The zero-order chi connectivity index (χ0) is 24.2. The molecule has 3 rings (SSSR count). The van der Waals surface area contributed by atoms with Gasteiger partial charge in [0.2, 0.25) is 0 Å². The van der Waals surface area contributed by atoms with Gasteiger partial charge in [-0.3, -0.25) is 0 Å². The lowest BCUT2D eigenvalue weighted by Crippen LogP contribution is -2.24. The van der Waals surface area contributed by atoms with Crippen molar-refractivity contribution in [3.8, 4) is 11.5 Å². The quantitative estimate of drug-likeness (QED) is 0.187. The van der Waals surface area contributed by atoms with Gasteiger partial charge in [0.05, 0.1) is 19.0 Å². The van der Waals surface area contributed by atoms with Crippen molar-refractivity contribution in [2.75, 3.05) is 19.8 Å². The molecule has 1 unspecified atom stereocenters. The Labute approximate surface area is 197 Å². The van der Waals surface area contributed by atoms with Crippen molar-refractivity contribution in [1.82, 2.24) is 0 Å². The third-order valence-electron chi connectivity index (χ3n) is 4.73. The van der Waals surface area contributed by atoms with Gasteiger partial charge in [-0.2, -0.15) is 10.2 Å². The molecule has 1 heterocycles. The average molecular weight is 466 g/mol. The highest BCUT2D eigenvalue weighted by molar-refractivity contribution is 5.95. The van der Waals surface area contributed by atoms with Crippen LogP contribution in [-0.2, 0) is 19.0 Å². The Morgan fingerprint density at radius 1 is 1.03 bits per heavy atom. The van der Waals surface area contributed by atoms with Gasteiger partial charge in [0, 0.05) is 12.5 Å². The summed E-state index contributed by atoms with van der Waals surface area (Å²) in [6.07, 6.45) is 6.90. The van der Waals surface area contributed by atoms with Crippen LogP contribution in [0.1, 0.15) is 40.7 Å². The van der Waals surface area contributed by atoms with Crippen LogP contribution in [0.3, 0.4) is 0 Å². The minimum absolute atomic E-state index is 0.0412. The lowest BCUT2D eigenvalue weighted by molar-refractivity contribution is -0.138. The van der Waals surface area contributed by atoms with Gasteiger partial charge >= 0.3 is 11.9 Å². The fourth-order valence-electron chi connectivity index (χ4n) is 3.00. The van der Waals surface area contributed by atoms with Crippen molar-refractivity contribution in [3.05, 3.63) is 71.8 Å². The summed E-state index contributed by atoms with van der Waals surface area (Å²) in [4.78, 5) is 23.1. The molecule has 1 fully saturated rings. The van der Waals surface area contributed by atoms with Crippen LogP contribution in [0.2, 0.25) is 0 Å². The summed E-state index contributed by atoms with van der Waals surface area (Å²) in [6, 6.07) is 11.8. The van der Waals surface area contributed by atoms with Gasteiger partial charge in [0.25, 0.3) is 0 Å². The molecule has 0 bridgehead atoms. The van der Waals surface area contributed by atoms with E-state index >= 15 is 0 Å². The van der Waals surface area contributed by atoms with Crippen LogP contribution in [0.15, 0.2) is 65.3 Å². The molecule has 2 aromatic rings. The Kier molecular flexibility index (Phi) is 9.36. The molecule has 9 heteroatoms. The number of hydrogen-bond donors (Lipinski definition) is 1. The second kappa shape index (κ2) is 12.9. The zero-order valence-electron chi connectivity index (χ0n) is 18.6. The van der Waals surface area contributed by atoms with Crippen LogP contribution >= 0.6 is 0 Å². The molecule has 0 saturated carbocycles. The first kappa shape index (κ1) is 24.7. The van der Waals surface area contributed by atoms with Crippen molar-refractivity contribution < 1.29 is 33.6 Å². The smallest absolute Gasteiger partial charge is 0.342 e. The lowest BCUT2D eigenvalue weighted by Gasteiger charge is -2.23. The number of nitrogens with zero attached hydrogens (tertiary/aromatic N) is 2. The third-order valence-corrected chi connectivity index (χ3v) is 4.73. The molecular formula is C25H26N2O7. The number of rotatable bonds is 10. The molecule has 2 aromatic carbocycles. The summed E-state index contributed by atoms with van der Waals surface area (Å²) in [7, 11) is 0. The van der Waals surface area contributed by atoms with E-state index in [0.717, 1.165) is 43.3 Å². The largest absolute Gasteiger partial charge is 0.507 e. The van der Waals surface area contributed by atoms with Crippen LogP contribution < -0.4 is 4.74 Å². The summed E-state index contributed by atoms with van der Waals surface area (Å²) >= 11 is 0. The standard InChI is InChI=1S/C25H26N2O7/c1-2-23(29)31-13-14-33-25(30)21-15-19(8-11-22(21)28)17-27-26-16-18-6-9-20(10-7-18)34-24-5-3-4-12-32-24/h2,6-11,15-17,24,28H,1,3-5,12-14H2/b26-16+,27-17+. The predicted molar refractivity (Wildman–Crippen MR) is 125 cm³/mol. The van der Waals surface area contributed by atoms with Crippen LogP contribution in [0.4, 0.5) is 0 Å². The van der Waals surface area contributed by atoms with Crippen molar-refractivity contribution in [2.24, 2.45) is 10.2 Å². The molecule has 178 valence electrons. The van der Waals surface area contributed by atoms with E-state index in [-0.39, 0.29) is 30.8 Å². The second-order valence-electron chi connectivity index (χ2n) is 7.26. The second-order valence-corrected chi connectivity index (χ2v) is 7.26. The number of ether oxygens (including phenoxy) is 4. The SMILES string of the molecule is C=CC(=O)OCCOC(=O)c1cc(/C=N/N=C/c2ccc(OC3CCCCO3)cc2)ccc1O. The Bertz CT molecular complexity index is 1040. The summed E-state index contributed by atoms with van der Waals surface area (Å²) in [5.74, 6) is -0.882. The summed E-state index contributed by atoms with van der Waals surface area (Å²) in [6.45, 7) is 3.72. The first-order chi connectivity index (χ1) is 16.5. The molecule has 0 radical (unpaired) electrons. The normalized spacial score (nSPS) is 15.8. The minimum atomic E-state index is -0.758. The van der Waals surface area contributed by atoms with E-state index < -0.39 is 11.9 Å². The van der Waals surface area contributed by atoms with Crippen LogP contribution in [0, 0.1) is 0 Å². The highest BCUT2D eigenvalue weighted by Gasteiger charge is 2.15. The number of carbonyl (C=O) groups excluding carboxylic acids is 2. The Morgan fingerprint density at radius 2 is 1.74 bits per heavy atom. The summed E-state index contributed by atoms with van der Waals surface area (Å²) in [5, 5.41) is 17.9. The van der Waals surface area contributed by atoms with Gasteiger partial charge < -0.3 is 24.1 Å². The minimum Gasteiger partial charge on any atom is -0.507 e. The number of hydrogen-bond acceptors (Lipinski definition) is 9. The number of carbonyl (C=O) groups is 2. The first-order valence-electron chi connectivity index (χ1n) is 10.8. The zero-order valence-corrected chi connectivity index (χ0v) is 18.6. The van der Waals surface area contributed by atoms with E-state index in [1.54, 1.807) is 12.3 Å². The average Bonchev–Trinajstić information content (AvgIpc) is 2.86. The topological polar surface area (TPSA) is 116 Å². The van der Waals surface area contributed by atoms with Crippen molar-refractivity contribution >= 4 is 24.4 Å². The molecule has 0 spiro atoms. The van der Waals surface area contributed by atoms with Crippen LogP contribution in [0.25, 0.3) is 0 Å². The first-order valence-corrected chi connectivity index (χ1v) is 10.8. The summed E-state index contributed by atoms with van der Waals surface area (Å²) in [5.41, 5.74) is 1.33. The predicted octanol–water partition coefficient (Wildman–Crippen LogP) is 3.64. The molecule has 0 aromatic heterocycles. The number of phenolic OH excluding ortho intramolecular Hbond substituents is 1. The maximum absolute atomic E-state index is 12.2. The van der Waals surface area contributed by atoms with Crippen molar-refractivity contribution in [1.29, 1.82) is 0 Å². The molecule has 0 aliphatic carbocycles. The van der Waals surface area contributed by atoms with Crippen LogP contribution in [0.5, 0.6) is 11.5 Å². The Balaban J connectivity index is 1.51. The van der Waals surface area contributed by atoms with Gasteiger partial charge in [-0.05, 0) is 66.4 Å².